The molecule has 0 rings (SSSR count). The molecular weight excluding hydrogens is 167 g/mol. The van der Waals surface area contributed by atoms with Crippen molar-refractivity contribution >= 4 is 10.1 Å². The van der Waals surface area contributed by atoms with Crippen molar-refractivity contribution in [1.82, 2.24) is 0 Å². The van der Waals surface area contributed by atoms with Gasteiger partial charge in [-0.1, -0.05) is 13.3 Å². The van der Waals surface area contributed by atoms with E-state index >= 15 is 0 Å². The van der Waals surface area contributed by atoms with E-state index in [-0.39, 0.29) is 40.8 Å². The fraction of sp³-hybridized carbons (Fsp3) is 1.00. The SMILES string of the molecule is CCCCS(=O)(=O)O.[Na+].[OH-]. The first-order valence-corrected chi connectivity index (χ1v) is 4.12. The molecule has 6 heteroatoms. The van der Waals surface area contributed by atoms with Gasteiger partial charge in [0.25, 0.3) is 10.1 Å². The van der Waals surface area contributed by atoms with E-state index in [1.54, 1.807) is 0 Å². The molecule has 2 N–H and O–H groups in total. The van der Waals surface area contributed by atoms with E-state index in [0.717, 1.165) is 6.42 Å². The van der Waals surface area contributed by atoms with Gasteiger partial charge in [0.05, 0.1) is 5.75 Å². The fourth-order valence-corrected chi connectivity index (χ4v) is 0.980. The number of unbranched alkanes of at least 4 members (excludes halogenated alkanes) is 1. The zero-order valence-electron chi connectivity index (χ0n) is 6.24. The van der Waals surface area contributed by atoms with Crippen molar-refractivity contribution in [2.24, 2.45) is 0 Å². The van der Waals surface area contributed by atoms with Gasteiger partial charge in [-0.3, -0.25) is 4.55 Å². The quantitative estimate of drug-likeness (QED) is 0.382. The average Bonchev–Trinajstić information content (AvgIpc) is 1.59. The van der Waals surface area contributed by atoms with E-state index in [1.807, 2.05) is 6.92 Å². The third-order valence-corrected chi connectivity index (χ3v) is 1.56. The van der Waals surface area contributed by atoms with Crippen molar-refractivity contribution in [3.05, 3.63) is 0 Å². The maximum absolute atomic E-state index is 9.95. The van der Waals surface area contributed by atoms with Crippen molar-refractivity contribution in [3.63, 3.8) is 0 Å². The molecule has 0 bridgehead atoms. The van der Waals surface area contributed by atoms with Crippen LogP contribution in [0, 0.1) is 0 Å². The Kier molecular flexibility index (Phi) is 13.6. The first kappa shape index (κ1) is 17.1. The van der Waals surface area contributed by atoms with Gasteiger partial charge in [-0.05, 0) is 6.42 Å². The van der Waals surface area contributed by atoms with Gasteiger partial charge in [0.2, 0.25) is 0 Å². The summed E-state index contributed by atoms with van der Waals surface area (Å²) in [6, 6.07) is 0. The summed E-state index contributed by atoms with van der Waals surface area (Å²) in [6.07, 6.45) is 1.33. The first-order valence-electron chi connectivity index (χ1n) is 2.51. The molecule has 0 aliphatic heterocycles. The summed E-state index contributed by atoms with van der Waals surface area (Å²) in [5.41, 5.74) is 0. The van der Waals surface area contributed by atoms with Gasteiger partial charge < -0.3 is 5.48 Å². The minimum atomic E-state index is -3.69. The Morgan fingerprint density at radius 1 is 1.40 bits per heavy atom. The van der Waals surface area contributed by atoms with Crippen LogP contribution in [0.3, 0.4) is 0 Å². The van der Waals surface area contributed by atoms with Gasteiger partial charge in [0, 0.05) is 0 Å². The van der Waals surface area contributed by atoms with Crippen molar-refractivity contribution in [2.75, 3.05) is 5.75 Å². The van der Waals surface area contributed by atoms with Crippen LogP contribution in [-0.2, 0) is 10.1 Å². The van der Waals surface area contributed by atoms with Crippen LogP contribution in [-0.4, -0.2) is 24.2 Å². The molecule has 58 valence electrons. The molecule has 0 aromatic rings. The third-order valence-electron chi connectivity index (χ3n) is 0.756. The molecule has 0 fully saturated rings. The van der Waals surface area contributed by atoms with Gasteiger partial charge in [0.15, 0.2) is 0 Å². The van der Waals surface area contributed by atoms with Crippen LogP contribution in [0.25, 0.3) is 0 Å². The molecule has 0 heterocycles. The second-order valence-electron chi connectivity index (χ2n) is 1.64. The molecule has 0 aliphatic rings. The Morgan fingerprint density at radius 3 is 1.90 bits per heavy atom. The van der Waals surface area contributed by atoms with Crippen molar-refractivity contribution in [3.8, 4) is 0 Å². The summed E-state index contributed by atoms with van der Waals surface area (Å²) in [7, 11) is -3.69. The predicted molar refractivity (Wildman–Crippen MR) is 33.3 cm³/mol. The second kappa shape index (κ2) is 7.97. The Balaban J connectivity index is -0.000000245. The molecule has 0 aromatic heterocycles. The van der Waals surface area contributed by atoms with Crippen LogP contribution in [0.5, 0.6) is 0 Å². The second-order valence-corrected chi connectivity index (χ2v) is 3.21. The van der Waals surface area contributed by atoms with Crippen LogP contribution >= 0.6 is 0 Å². The topological polar surface area (TPSA) is 84.4 Å². The fourth-order valence-electron chi connectivity index (χ4n) is 0.327. The third kappa shape index (κ3) is 15.9. The molecule has 0 aliphatic carbocycles. The Hall–Kier alpha value is 0.870. The van der Waals surface area contributed by atoms with E-state index in [4.69, 9.17) is 4.55 Å². The molecule has 0 saturated heterocycles. The van der Waals surface area contributed by atoms with E-state index in [0.29, 0.717) is 6.42 Å². The van der Waals surface area contributed by atoms with Gasteiger partial charge in [-0.25, -0.2) is 0 Å². The van der Waals surface area contributed by atoms with Crippen molar-refractivity contribution in [1.29, 1.82) is 0 Å². The minimum absolute atomic E-state index is 0. The molecule has 0 unspecified atom stereocenters. The standard InChI is InChI=1S/C4H10O3S.Na.H2O/c1-2-3-4-8(5,6)7;;/h2-4H2,1H3,(H,5,6,7);;1H2/q;+1;/p-1. The Labute approximate surface area is 83.4 Å². The molecule has 10 heavy (non-hydrogen) atoms. The largest absolute Gasteiger partial charge is 1.00 e. The number of hydrogen-bond donors (Lipinski definition) is 1. The van der Waals surface area contributed by atoms with E-state index in [1.165, 1.54) is 0 Å². The molecule has 0 atom stereocenters. The molecule has 4 nitrogen and oxygen atoms in total. The molecular formula is C4H11NaO4S. The van der Waals surface area contributed by atoms with E-state index in [9.17, 15) is 8.42 Å². The van der Waals surface area contributed by atoms with E-state index in [2.05, 4.69) is 0 Å². The van der Waals surface area contributed by atoms with Crippen LogP contribution in [0.1, 0.15) is 19.8 Å². The monoisotopic (exact) mass is 178 g/mol. The maximum atomic E-state index is 9.95. The zero-order chi connectivity index (χ0) is 6.62. The van der Waals surface area contributed by atoms with Crippen molar-refractivity contribution in [2.45, 2.75) is 19.8 Å². The van der Waals surface area contributed by atoms with Gasteiger partial charge >= 0.3 is 29.6 Å². The maximum Gasteiger partial charge on any atom is 1.00 e. The molecule has 0 radical (unpaired) electrons. The van der Waals surface area contributed by atoms with Crippen molar-refractivity contribution < 1.29 is 48.0 Å². The molecule has 0 spiro atoms. The summed E-state index contributed by atoms with van der Waals surface area (Å²) in [4.78, 5) is 0. The summed E-state index contributed by atoms with van der Waals surface area (Å²) in [6.45, 7) is 1.87. The van der Waals surface area contributed by atoms with Gasteiger partial charge in [-0.15, -0.1) is 0 Å². The molecule has 0 amide bonds. The van der Waals surface area contributed by atoms with Gasteiger partial charge in [-0.2, -0.15) is 8.42 Å². The van der Waals surface area contributed by atoms with Crippen LogP contribution in [0.4, 0.5) is 0 Å². The van der Waals surface area contributed by atoms with E-state index < -0.39 is 10.1 Å². The summed E-state index contributed by atoms with van der Waals surface area (Å²) in [5, 5.41) is 0. The summed E-state index contributed by atoms with van der Waals surface area (Å²) in [5.74, 6) is -0.108. The number of hydrogen-bond acceptors (Lipinski definition) is 3. The predicted octanol–water partition coefficient (Wildman–Crippen LogP) is -2.50. The average molecular weight is 178 g/mol. The van der Waals surface area contributed by atoms with Crippen LogP contribution in [0.15, 0.2) is 0 Å². The number of rotatable bonds is 3. The smallest absolute Gasteiger partial charge is 0.870 e. The Morgan fingerprint density at radius 2 is 1.80 bits per heavy atom. The summed E-state index contributed by atoms with van der Waals surface area (Å²) < 4.78 is 28.0. The van der Waals surface area contributed by atoms with Gasteiger partial charge in [0.1, 0.15) is 0 Å². The summed E-state index contributed by atoms with van der Waals surface area (Å²) >= 11 is 0. The minimum Gasteiger partial charge on any atom is -0.870 e. The normalized spacial score (nSPS) is 9.40. The molecule has 0 saturated carbocycles. The Bertz CT molecular complexity index is 141. The first-order chi connectivity index (χ1) is 3.56. The molecule has 0 aromatic carbocycles. The van der Waals surface area contributed by atoms with Crippen LogP contribution in [0.2, 0.25) is 0 Å². The van der Waals surface area contributed by atoms with Crippen LogP contribution < -0.4 is 29.6 Å². The zero-order valence-corrected chi connectivity index (χ0v) is 9.06.